The van der Waals surface area contributed by atoms with Crippen molar-refractivity contribution >= 4 is 21.8 Å². The van der Waals surface area contributed by atoms with E-state index in [0.717, 1.165) is 68.5 Å². The lowest BCUT2D eigenvalue weighted by Crippen LogP contribution is -2.11. The molecular formula is C29H24FN5. The number of hydrogen-bond acceptors (Lipinski definition) is 3. The molecule has 0 radical (unpaired) electrons. The van der Waals surface area contributed by atoms with Crippen LogP contribution in [0.4, 0.5) is 4.39 Å². The van der Waals surface area contributed by atoms with Crippen molar-refractivity contribution < 1.29 is 4.39 Å². The molecule has 0 saturated heterocycles. The van der Waals surface area contributed by atoms with E-state index in [9.17, 15) is 4.39 Å². The lowest BCUT2D eigenvalue weighted by Gasteiger charge is -2.06. The van der Waals surface area contributed by atoms with E-state index in [1.165, 1.54) is 6.07 Å². The molecule has 0 bridgehead atoms. The average Bonchev–Trinajstić information content (AvgIpc) is 3.51. The van der Waals surface area contributed by atoms with Crippen LogP contribution in [0.5, 0.6) is 0 Å². The van der Waals surface area contributed by atoms with Crippen LogP contribution in [0.2, 0.25) is 0 Å². The maximum atomic E-state index is 14.6. The van der Waals surface area contributed by atoms with Gasteiger partial charge in [-0.1, -0.05) is 43.3 Å². The minimum Gasteiger partial charge on any atom is -0.353 e. The van der Waals surface area contributed by atoms with Crippen LogP contribution >= 0.6 is 0 Å². The third kappa shape index (κ3) is 3.88. The Morgan fingerprint density at radius 1 is 0.829 bits per heavy atom. The summed E-state index contributed by atoms with van der Waals surface area (Å²) in [6.07, 6.45) is 3.78. The monoisotopic (exact) mass is 461 g/mol. The van der Waals surface area contributed by atoms with Gasteiger partial charge < -0.3 is 10.3 Å². The highest BCUT2D eigenvalue weighted by atomic mass is 19.1. The van der Waals surface area contributed by atoms with Crippen LogP contribution in [0.25, 0.3) is 55.4 Å². The quantitative estimate of drug-likeness (QED) is 0.259. The van der Waals surface area contributed by atoms with E-state index in [0.29, 0.717) is 5.56 Å². The van der Waals surface area contributed by atoms with Crippen LogP contribution in [0.3, 0.4) is 0 Å². The summed E-state index contributed by atoms with van der Waals surface area (Å²) in [7, 11) is 0. The number of aromatic nitrogens is 4. The molecule has 172 valence electrons. The van der Waals surface area contributed by atoms with E-state index in [2.05, 4.69) is 56.7 Å². The number of benzene rings is 3. The third-order valence-corrected chi connectivity index (χ3v) is 6.35. The minimum atomic E-state index is -0.234. The Kier molecular flexibility index (Phi) is 5.35. The molecule has 35 heavy (non-hydrogen) atoms. The zero-order valence-corrected chi connectivity index (χ0v) is 19.3. The first-order valence-electron chi connectivity index (χ1n) is 11.7. The van der Waals surface area contributed by atoms with Gasteiger partial charge in [0.05, 0.1) is 11.2 Å². The predicted octanol–water partition coefficient (Wildman–Crippen LogP) is 6.69. The predicted molar refractivity (Wildman–Crippen MR) is 139 cm³/mol. The molecular weight excluding hydrogens is 437 g/mol. The highest BCUT2D eigenvalue weighted by molar-refractivity contribution is 6.01. The Morgan fingerprint density at radius 3 is 2.60 bits per heavy atom. The average molecular weight is 462 g/mol. The smallest absolute Gasteiger partial charge is 0.131 e. The molecule has 5 nitrogen and oxygen atoms in total. The number of aromatic amines is 2. The van der Waals surface area contributed by atoms with Crippen molar-refractivity contribution in [1.82, 2.24) is 25.5 Å². The zero-order valence-electron chi connectivity index (χ0n) is 19.3. The Labute approximate surface area is 202 Å². The van der Waals surface area contributed by atoms with Crippen molar-refractivity contribution in [2.75, 3.05) is 6.54 Å². The summed E-state index contributed by atoms with van der Waals surface area (Å²) in [5.41, 5.74) is 8.33. The molecule has 6 aromatic rings. The van der Waals surface area contributed by atoms with Gasteiger partial charge in [0.25, 0.3) is 0 Å². The van der Waals surface area contributed by atoms with Crippen LogP contribution in [0, 0.1) is 5.82 Å². The summed E-state index contributed by atoms with van der Waals surface area (Å²) in [5, 5.41) is 13.1. The highest BCUT2D eigenvalue weighted by Gasteiger charge is 2.15. The van der Waals surface area contributed by atoms with E-state index >= 15 is 0 Å². The van der Waals surface area contributed by atoms with Crippen molar-refractivity contribution in [1.29, 1.82) is 0 Å². The minimum absolute atomic E-state index is 0.234. The summed E-state index contributed by atoms with van der Waals surface area (Å²) in [6.45, 7) is 3.79. The second-order valence-electron chi connectivity index (χ2n) is 8.62. The Balaban J connectivity index is 1.45. The van der Waals surface area contributed by atoms with Crippen molar-refractivity contribution in [2.24, 2.45) is 0 Å². The van der Waals surface area contributed by atoms with Crippen LogP contribution in [-0.4, -0.2) is 26.7 Å². The third-order valence-electron chi connectivity index (χ3n) is 6.35. The van der Waals surface area contributed by atoms with Crippen LogP contribution in [0.1, 0.15) is 12.5 Å². The fourth-order valence-corrected chi connectivity index (χ4v) is 4.61. The second-order valence-corrected chi connectivity index (χ2v) is 8.62. The molecule has 0 amide bonds. The maximum Gasteiger partial charge on any atom is 0.131 e. The topological polar surface area (TPSA) is 69.4 Å². The number of pyridine rings is 1. The molecule has 0 aliphatic carbocycles. The lowest BCUT2D eigenvalue weighted by molar-refractivity contribution is 0.631. The first-order valence-corrected chi connectivity index (χ1v) is 11.7. The van der Waals surface area contributed by atoms with E-state index < -0.39 is 0 Å². The van der Waals surface area contributed by atoms with E-state index in [4.69, 9.17) is 0 Å². The summed E-state index contributed by atoms with van der Waals surface area (Å²) in [5.74, 6) is -0.234. The van der Waals surface area contributed by atoms with Gasteiger partial charge in [0.1, 0.15) is 11.5 Å². The molecule has 0 aliphatic rings. The number of nitrogens with zero attached hydrogens (tertiary/aromatic N) is 2. The van der Waals surface area contributed by atoms with Gasteiger partial charge in [-0.2, -0.15) is 5.10 Å². The largest absolute Gasteiger partial charge is 0.353 e. The van der Waals surface area contributed by atoms with E-state index in [1.54, 1.807) is 6.07 Å². The van der Waals surface area contributed by atoms with Crippen molar-refractivity contribution in [3.63, 3.8) is 0 Å². The molecule has 6 rings (SSSR count). The Morgan fingerprint density at radius 2 is 1.71 bits per heavy atom. The molecule has 0 spiro atoms. The van der Waals surface area contributed by atoms with Crippen LogP contribution in [0.15, 0.2) is 85.2 Å². The number of nitrogens with one attached hydrogen (secondary N) is 3. The van der Waals surface area contributed by atoms with Crippen molar-refractivity contribution in [3.05, 3.63) is 96.6 Å². The van der Waals surface area contributed by atoms with E-state index in [1.807, 2.05) is 48.8 Å². The molecule has 0 atom stereocenters. The molecule has 0 unspecified atom stereocenters. The standard InChI is InChI=1S/C29H24FN5/c1-2-31-15-18-12-20(17-32-16-18)19-10-11-27-24(13-19)29(35-34-27)28-14-23-21(7-5-9-26(23)33-28)22-6-3-4-8-25(22)30/h3-14,16-17,31,33H,2,15H2,1H3,(H,34,35). The first kappa shape index (κ1) is 21.3. The van der Waals surface area contributed by atoms with Crippen molar-refractivity contribution in [2.45, 2.75) is 13.5 Å². The van der Waals surface area contributed by atoms with Gasteiger partial charge in [-0.15, -0.1) is 0 Å². The van der Waals surface area contributed by atoms with Gasteiger partial charge in [0.15, 0.2) is 0 Å². The SMILES string of the molecule is CCNCc1cncc(-c2ccc3[nH]nc(-c4cc5c(-c6ccccc6F)cccc5[nH]4)c3c2)c1. The zero-order chi connectivity index (χ0) is 23.8. The van der Waals surface area contributed by atoms with E-state index in [-0.39, 0.29) is 5.82 Å². The lowest BCUT2D eigenvalue weighted by atomic mass is 10.0. The summed E-state index contributed by atoms with van der Waals surface area (Å²) >= 11 is 0. The summed E-state index contributed by atoms with van der Waals surface area (Å²) in [4.78, 5) is 7.92. The Hall–Kier alpha value is -4.29. The molecule has 0 aliphatic heterocycles. The van der Waals surface area contributed by atoms with Gasteiger partial charge in [-0.05, 0) is 59.6 Å². The van der Waals surface area contributed by atoms with Gasteiger partial charge in [-0.3, -0.25) is 10.1 Å². The molecule has 3 aromatic heterocycles. The number of hydrogen-bond donors (Lipinski definition) is 3. The first-order chi connectivity index (χ1) is 17.2. The second kappa shape index (κ2) is 8.81. The Bertz CT molecular complexity index is 1660. The molecule has 3 aromatic carbocycles. The number of halogens is 1. The number of fused-ring (bicyclic) bond motifs is 2. The fraction of sp³-hybridized carbons (Fsp3) is 0.103. The van der Waals surface area contributed by atoms with Gasteiger partial charge in [0.2, 0.25) is 0 Å². The normalized spacial score (nSPS) is 11.5. The molecule has 0 fully saturated rings. The molecule has 3 N–H and O–H groups in total. The maximum absolute atomic E-state index is 14.6. The van der Waals surface area contributed by atoms with Gasteiger partial charge >= 0.3 is 0 Å². The van der Waals surface area contributed by atoms with Gasteiger partial charge in [-0.25, -0.2) is 4.39 Å². The molecule has 3 heterocycles. The number of H-pyrrole nitrogens is 2. The molecule has 0 saturated carbocycles. The molecule has 6 heteroatoms. The van der Waals surface area contributed by atoms with Crippen LogP contribution in [-0.2, 0) is 6.54 Å². The van der Waals surface area contributed by atoms with Crippen molar-refractivity contribution in [3.8, 4) is 33.6 Å². The highest BCUT2D eigenvalue weighted by Crippen LogP contribution is 2.36. The number of rotatable bonds is 6. The summed E-state index contributed by atoms with van der Waals surface area (Å²) in [6, 6.07) is 23.3. The van der Waals surface area contributed by atoms with Gasteiger partial charge in [0, 0.05) is 46.4 Å². The fourth-order valence-electron chi connectivity index (χ4n) is 4.61. The summed E-state index contributed by atoms with van der Waals surface area (Å²) < 4.78 is 14.6. The van der Waals surface area contributed by atoms with Crippen LogP contribution < -0.4 is 5.32 Å².